The minimum atomic E-state index is -4.54. The lowest BCUT2D eigenvalue weighted by atomic mass is 10.1. The first kappa shape index (κ1) is 22.9. The minimum absolute atomic E-state index is 0.0399. The molecule has 0 aliphatic rings. The fourth-order valence-corrected chi connectivity index (χ4v) is 2.71. The number of amides is 2. The highest BCUT2D eigenvalue weighted by molar-refractivity contribution is 6.10. The molecule has 166 valence electrons. The summed E-state index contributed by atoms with van der Waals surface area (Å²) in [6.45, 7) is 0. The van der Waals surface area contributed by atoms with E-state index in [9.17, 15) is 35.9 Å². The van der Waals surface area contributed by atoms with Crippen LogP contribution in [0.5, 0.6) is 0 Å². The Labute approximate surface area is 177 Å². The van der Waals surface area contributed by atoms with Crippen LogP contribution < -0.4 is 10.6 Å². The van der Waals surface area contributed by atoms with Crippen LogP contribution in [0.15, 0.2) is 72.8 Å². The number of hydrogen-bond donors (Lipinski definition) is 2. The van der Waals surface area contributed by atoms with Crippen molar-refractivity contribution in [2.75, 3.05) is 10.6 Å². The Kier molecular flexibility index (Phi) is 6.24. The Morgan fingerprint density at radius 3 is 1.12 bits per heavy atom. The smallest absolute Gasteiger partial charge is 0.320 e. The van der Waals surface area contributed by atoms with Crippen molar-refractivity contribution in [2.24, 2.45) is 0 Å². The summed E-state index contributed by atoms with van der Waals surface area (Å²) in [5, 5.41) is 4.97. The average Bonchev–Trinajstić information content (AvgIpc) is 2.74. The summed E-state index contributed by atoms with van der Waals surface area (Å²) < 4.78 is 76.0. The van der Waals surface area contributed by atoms with Gasteiger partial charge in [-0.3, -0.25) is 9.59 Å². The highest BCUT2D eigenvalue weighted by Gasteiger charge is 2.31. The zero-order valence-corrected chi connectivity index (χ0v) is 16.0. The van der Waals surface area contributed by atoms with Crippen molar-refractivity contribution in [1.29, 1.82) is 0 Å². The molecule has 2 N–H and O–H groups in total. The molecule has 0 heterocycles. The SMILES string of the molecule is O=C(Nc1ccccc1NC(=O)c1ccc(C(F)(F)F)cc1)c1ccc(C(F)(F)F)cc1. The zero-order valence-electron chi connectivity index (χ0n) is 16.0. The van der Waals surface area contributed by atoms with E-state index in [1.807, 2.05) is 0 Å². The number of halogens is 6. The van der Waals surface area contributed by atoms with Gasteiger partial charge in [0.15, 0.2) is 0 Å². The lowest BCUT2D eigenvalue weighted by molar-refractivity contribution is -0.138. The Morgan fingerprint density at radius 1 is 0.531 bits per heavy atom. The van der Waals surface area contributed by atoms with Crippen LogP contribution in [0.2, 0.25) is 0 Å². The number of carbonyl (C=O) groups is 2. The number of nitrogens with one attached hydrogen (secondary N) is 2. The standard InChI is InChI=1S/C22H14F6N2O2/c23-21(24,25)15-9-5-13(6-10-15)19(31)29-17-3-1-2-4-18(17)30-20(32)14-7-11-16(12-8-14)22(26,27)28/h1-12H,(H,29,31)(H,30,32). The quantitative estimate of drug-likeness (QED) is 0.461. The molecule has 3 aromatic rings. The summed E-state index contributed by atoms with van der Waals surface area (Å²) >= 11 is 0. The lowest BCUT2D eigenvalue weighted by Crippen LogP contribution is -2.17. The van der Waals surface area contributed by atoms with Crippen LogP contribution in [0, 0.1) is 0 Å². The number of rotatable bonds is 4. The maximum absolute atomic E-state index is 12.7. The van der Waals surface area contributed by atoms with Crippen molar-refractivity contribution in [3.8, 4) is 0 Å². The second kappa shape index (κ2) is 8.74. The molecular weight excluding hydrogens is 438 g/mol. The van der Waals surface area contributed by atoms with Gasteiger partial charge in [0.05, 0.1) is 22.5 Å². The van der Waals surface area contributed by atoms with E-state index >= 15 is 0 Å². The molecule has 0 saturated carbocycles. The predicted molar refractivity (Wildman–Crippen MR) is 105 cm³/mol. The minimum Gasteiger partial charge on any atom is -0.320 e. The largest absolute Gasteiger partial charge is 0.416 e. The third kappa shape index (κ3) is 5.45. The van der Waals surface area contributed by atoms with Gasteiger partial charge < -0.3 is 10.6 Å². The molecule has 32 heavy (non-hydrogen) atoms. The zero-order chi connectivity index (χ0) is 23.5. The van der Waals surface area contributed by atoms with Gasteiger partial charge in [-0.15, -0.1) is 0 Å². The van der Waals surface area contributed by atoms with Gasteiger partial charge in [0.2, 0.25) is 0 Å². The molecular formula is C22H14F6N2O2. The highest BCUT2D eigenvalue weighted by atomic mass is 19.4. The van der Waals surface area contributed by atoms with E-state index in [-0.39, 0.29) is 22.5 Å². The molecule has 0 bridgehead atoms. The topological polar surface area (TPSA) is 58.2 Å². The summed E-state index contributed by atoms with van der Waals surface area (Å²) in [4.78, 5) is 24.8. The van der Waals surface area contributed by atoms with Crippen LogP contribution >= 0.6 is 0 Å². The van der Waals surface area contributed by atoms with E-state index in [0.717, 1.165) is 48.5 Å². The molecule has 0 unspecified atom stereocenters. The number of anilines is 2. The third-order valence-corrected chi connectivity index (χ3v) is 4.37. The van der Waals surface area contributed by atoms with Crippen LogP contribution in [-0.4, -0.2) is 11.8 Å². The van der Waals surface area contributed by atoms with Crippen molar-refractivity contribution in [1.82, 2.24) is 0 Å². The molecule has 0 aliphatic heterocycles. The van der Waals surface area contributed by atoms with Gasteiger partial charge in [0.25, 0.3) is 11.8 Å². The van der Waals surface area contributed by atoms with Gasteiger partial charge in [-0.25, -0.2) is 0 Å². The molecule has 0 spiro atoms. The van der Waals surface area contributed by atoms with Gasteiger partial charge in [-0.2, -0.15) is 26.3 Å². The van der Waals surface area contributed by atoms with Gasteiger partial charge in [0, 0.05) is 11.1 Å². The molecule has 0 aliphatic carbocycles. The van der Waals surface area contributed by atoms with Gasteiger partial charge in [0.1, 0.15) is 0 Å². The number of carbonyl (C=O) groups excluding carboxylic acids is 2. The predicted octanol–water partition coefficient (Wildman–Crippen LogP) is 6.23. The van der Waals surface area contributed by atoms with Gasteiger partial charge in [-0.1, -0.05) is 12.1 Å². The fourth-order valence-electron chi connectivity index (χ4n) is 2.71. The third-order valence-electron chi connectivity index (χ3n) is 4.37. The maximum atomic E-state index is 12.7. The van der Waals surface area contributed by atoms with Crippen LogP contribution in [0.25, 0.3) is 0 Å². The molecule has 3 aromatic carbocycles. The van der Waals surface area contributed by atoms with E-state index in [0.29, 0.717) is 0 Å². The first-order valence-corrected chi connectivity index (χ1v) is 9.01. The fraction of sp³-hybridized carbons (Fsp3) is 0.0909. The van der Waals surface area contributed by atoms with E-state index in [1.165, 1.54) is 12.1 Å². The van der Waals surface area contributed by atoms with E-state index in [4.69, 9.17) is 0 Å². The Hall–Kier alpha value is -3.82. The van der Waals surface area contributed by atoms with Crippen molar-refractivity contribution in [2.45, 2.75) is 12.4 Å². The highest BCUT2D eigenvalue weighted by Crippen LogP contribution is 2.30. The first-order chi connectivity index (χ1) is 14.9. The summed E-state index contributed by atoms with van der Waals surface area (Å²) in [6, 6.07) is 13.1. The van der Waals surface area contributed by atoms with Crippen molar-refractivity contribution in [3.05, 3.63) is 95.1 Å². The molecule has 2 amide bonds. The summed E-state index contributed by atoms with van der Waals surface area (Å²) in [7, 11) is 0. The Morgan fingerprint density at radius 2 is 0.844 bits per heavy atom. The summed E-state index contributed by atoms with van der Waals surface area (Å²) in [6.07, 6.45) is -9.08. The maximum Gasteiger partial charge on any atom is 0.416 e. The molecule has 10 heteroatoms. The second-order valence-corrected chi connectivity index (χ2v) is 6.60. The molecule has 0 atom stereocenters. The number of benzene rings is 3. The monoisotopic (exact) mass is 452 g/mol. The molecule has 3 rings (SSSR count). The summed E-state index contributed by atoms with van der Waals surface area (Å²) in [5.74, 6) is -1.43. The van der Waals surface area contributed by atoms with Crippen molar-refractivity contribution >= 4 is 23.2 Å². The number of para-hydroxylation sites is 2. The van der Waals surface area contributed by atoms with Gasteiger partial charge in [-0.05, 0) is 60.7 Å². The first-order valence-electron chi connectivity index (χ1n) is 9.01. The molecule has 0 radical (unpaired) electrons. The molecule has 0 fully saturated rings. The van der Waals surface area contributed by atoms with Crippen molar-refractivity contribution in [3.63, 3.8) is 0 Å². The van der Waals surface area contributed by atoms with Crippen LogP contribution in [0.4, 0.5) is 37.7 Å². The second-order valence-electron chi connectivity index (χ2n) is 6.60. The molecule has 0 saturated heterocycles. The average molecular weight is 452 g/mol. The van der Waals surface area contributed by atoms with Crippen LogP contribution in [0.1, 0.15) is 31.8 Å². The Bertz CT molecular complexity index is 1030. The summed E-state index contributed by atoms with van der Waals surface area (Å²) in [5.41, 5.74) is -1.59. The number of hydrogen-bond acceptors (Lipinski definition) is 2. The van der Waals surface area contributed by atoms with Gasteiger partial charge >= 0.3 is 12.4 Å². The molecule has 4 nitrogen and oxygen atoms in total. The lowest BCUT2D eigenvalue weighted by Gasteiger charge is -2.13. The van der Waals surface area contributed by atoms with E-state index in [1.54, 1.807) is 12.1 Å². The molecule has 0 aromatic heterocycles. The van der Waals surface area contributed by atoms with E-state index in [2.05, 4.69) is 10.6 Å². The van der Waals surface area contributed by atoms with Crippen molar-refractivity contribution < 1.29 is 35.9 Å². The van der Waals surface area contributed by atoms with E-state index < -0.39 is 35.3 Å². The van der Waals surface area contributed by atoms with Crippen LogP contribution in [0.3, 0.4) is 0 Å². The van der Waals surface area contributed by atoms with Crippen LogP contribution in [-0.2, 0) is 12.4 Å². The number of alkyl halides is 6. The Balaban J connectivity index is 1.74. The normalized spacial score (nSPS) is 11.7.